The van der Waals surface area contributed by atoms with Gasteiger partial charge in [-0.05, 0) is 38.0 Å². The van der Waals surface area contributed by atoms with Gasteiger partial charge in [0, 0.05) is 25.8 Å². The summed E-state index contributed by atoms with van der Waals surface area (Å²) in [5, 5.41) is 6.03. The highest BCUT2D eigenvalue weighted by atomic mass is 32.2. The standard InChI is InChI=1S/C19H37N3O2S/c1-16(23)22(24-6)14-9-7-8-12-19(5)15-25-17(21-19)20-13-10-11-18(2,3)4/h7-15H2,1-6H3,(H,20,21). The number of carbonyl (C=O) groups is 1. The summed E-state index contributed by atoms with van der Waals surface area (Å²) in [4.78, 5) is 21.2. The zero-order valence-electron chi connectivity index (χ0n) is 17.0. The van der Waals surface area contributed by atoms with E-state index >= 15 is 0 Å². The molecule has 1 aliphatic heterocycles. The first-order valence-corrected chi connectivity index (χ1v) is 10.4. The van der Waals surface area contributed by atoms with Gasteiger partial charge in [-0.3, -0.25) is 14.6 Å². The number of aliphatic imine (C=N–C) groups is 1. The lowest BCUT2D eigenvalue weighted by Crippen LogP contribution is -2.28. The van der Waals surface area contributed by atoms with Crippen LogP contribution in [0.5, 0.6) is 0 Å². The monoisotopic (exact) mass is 371 g/mol. The quantitative estimate of drug-likeness (QED) is 0.461. The van der Waals surface area contributed by atoms with E-state index in [2.05, 4.69) is 33.0 Å². The highest BCUT2D eigenvalue weighted by Gasteiger charge is 2.30. The normalized spacial score (nSPS) is 20.5. The number of rotatable bonds is 10. The van der Waals surface area contributed by atoms with Crippen molar-refractivity contribution in [2.45, 2.75) is 78.7 Å². The Morgan fingerprint density at radius 2 is 2.04 bits per heavy atom. The molecule has 6 heteroatoms. The second kappa shape index (κ2) is 10.4. The van der Waals surface area contributed by atoms with Crippen LogP contribution >= 0.6 is 11.8 Å². The number of hydrogen-bond acceptors (Lipinski definition) is 5. The van der Waals surface area contributed by atoms with E-state index < -0.39 is 0 Å². The SMILES string of the molecule is CON(CCCCCC1(C)CSC(NCCCC(C)(C)C)=N1)C(C)=O. The Bertz CT molecular complexity index is 448. The van der Waals surface area contributed by atoms with Crippen molar-refractivity contribution >= 4 is 22.8 Å². The van der Waals surface area contributed by atoms with E-state index in [1.807, 2.05) is 11.8 Å². The number of nitrogens with one attached hydrogen (secondary N) is 1. The molecule has 1 rings (SSSR count). The third-order valence-corrected chi connectivity index (χ3v) is 5.69. The fraction of sp³-hybridized carbons (Fsp3) is 0.895. The number of nitrogens with zero attached hydrogens (tertiary/aromatic N) is 2. The number of amides is 1. The van der Waals surface area contributed by atoms with Crippen LogP contribution in [-0.4, -0.2) is 47.6 Å². The first-order valence-electron chi connectivity index (χ1n) is 9.44. The molecule has 1 amide bonds. The van der Waals surface area contributed by atoms with Crippen molar-refractivity contribution < 1.29 is 9.63 Å². The number of unbranched alkanes of at least 4 members (excludes halogenated alkanes) is 2. The van der Waals surface area contributed by atoms with Gasteiger partial charge in [0.2, 0.25) is 5.91 Å². The predicted molar refractivity (Wildman–Crippen MR) is 108 cm³/mol. The van der Waals surface area contributed by atoms with Crippen LogP contribution in [0.4, 0.5) is 0 Å². The van der Waals surface area contributed by atoms with Gasteiger partial charge in [-0.25, -0.2) is 5.06 Å². The van der Waals surface area contributed by atoms with E-state index in [0.717, 1.165) is 43.1 Å². The molecule has 0 saturated heterocycles. The van der Waals surface area contributed by atoms with E-state index in [4.69, 9.17) is 9.83 Å². The molecule has 0 radical (unpaired) electrons. The van der Waals surface area contributed by atoms with Gasteiger partial charge < -0.3 is 5.32 Å². The summed E-state index contributed by atoms with van der Waals surface area (Å²) in [6.07, 6.45) is 6.71. The molecule has 0 spiro atoms. The predicted octanol–water partition coefficient (Wildman–Crippen LogP) is 4.23. The van der Waals surface area contributed by atoms with Gasteiger partial charge in [0.25, 0.3) is 0 Å². The number of amidine groups is 1. The van der Waals surface area contributed by atoms with Crippen LogP contribution in [0.2, 0.25) is 0 Å². The van der Waals surface area contributed by atoms with Crippen molar-refractivity contribution in [2.24, 2.45) is 10.4 Å². The topological polar surface area (TPSA) is 53.9 Å². The minimum absolute atomic E-state index is 0.0339. The summed E-state index contributed by atoms with van der Waals surface area (Å²) < 4.78 is 0. The third kappa shape index (κ3) is 9.50. The minimum atomic E-state index is -0.0339. The lowest BCUT2D eigenvalue weighted by molar-refractivity contribution is -0.173. The Hall–Kier alpha value is -0.750. The summed E-state index contributed by atoms with van der Waals surface area (Å²) in [6.45, 7) is 12.3. The van der Waals surface area contributed by atoms with Gasteiger partial charge in [0.15, 0.2) is 5.17 Å². The Labute approximate surface area is 158 Å². The second-order valence-corrected chi connectivity index (χ2v) is 9.37. The molecular formula is C19H37N3O2S. The molecular weight excluding hydrogens is 334 g/mol. The third-order valence-electron chi connectivity index (χ3n) is 4.42. The van der Waals surface area contributed by atoms with Crippen LogP contribution < -0.4 is 5.32 Å². The highest BCUT2D eigenvalue weighted by Crippen LogP contribution is 2.31. The average molecular weight is 372 g/mol. The minimum Gasteiger partial charge on any atom is -0.365 e. The van der Waals surface area contributed by atoms with Crippen molar-refractivity contribution in [2.75, 3.05) is 26.0 Å². The molecule has 5 nitrogen and oxygen atoms in total. The van der Waals surface area contributed by atoms with Gasteiger partial charge >= 0.3 is 0 Å². The van der Waals surface area contributed by atoms with Crippen LogP contribution in [0.3, 0.4) is 0 Å². The van der Waals surface area contributed by atoms with E-state index in [-0.39, 0.29) is 11.4 Å². The number of hydroxylamine groups is 2. The van der Waals surface area contributed by atoms with E-state index in [9.17, 15) is 4.79 Å². The highest BCUT2D eigenvalue weighted by molar-refractivity contribution is 8.14. The maximum atomic E-state index is 11.3. The smallest absolute Gasteiger partial charge is 0.242 e. The molecule has 0 aromatic carbocycles. The number of carbonyl (C=O) groups excluding carboxylic acids is 1. The van der Waals surface area contributed by atoms with Crippen LogP contribution in [0.25, 0.3) is 0 Å². The summed E-state index contributed by atoms with van der Waals surface area (Å²) >= 11 is 1.85. The molecule has 0 saturated carbocycles. The molecule has 1 atom stereocenters. The molecule has 25 heavy (non-hydrogen) atoms. The van der Waals surface area contributed by atoms with Crippen molar-refractivity contribution in [3.63, 3.8) is 0 Å². The van der Waals surface area contributed by atoms with Gasteiger partial charge in [0.1, 0.15) is 0 Å². The van der Waals surface area contributed by atoms with Crippen molar-refractivity contribution in [1.29, 1.82) is 0 Å². The maximum absolute atomic E-state index is 11.3. The Kier molecular flexibility index (Phi) is 9.28. The lowest BCUT2D eigenvalue weighted by atomic mass is 9.91. The zero-order valence-corrected chi connectivity index (χ0v) is 17.8. The molecule has 1 heterocycles. The van der Waals surface area contributed by atoms with Gasteiger partial charge in [-0.2, -0.15) is 0 Å². The van der Waals surface area contributed by atoms with Crippen LogP contribution in [0.15, 0.2) is 4.99 Å². The largest absolute Gasteiger partial charge is 0.365 e. The number of hydrogen-bond donors (Lipinski definition) is 1. The molecule has 0 bridgehead atoms. The van der Waals surface area contributed by atoms with Crippen molar-refractivity contribution in [1.82, 2.24) is 10.4 Å². The number of thioether (sulfide) groups is 1. The molecule has 1 N–H and O–H groups in total. The molecule has 1 unspecified atom stereocenters. The van der Waals surface area contributed by atoms with Crippen LogP contribution in [0, 0.1) is 5.41 Å². The van der Waals surface area contributed by atoms with Crippen LogP contribution in [-0.2, 0) is 9.63 Å². The Balaban J connectivity index is 2.21. The molecule has 0 aromatic rings. The Morgan fingerprint density at radius 3 is 2.64 bits per heavy atom. The first-order chi connectivity index (χ1) is 11.7. The Morgan fingerprint density at radius 1 is 1.32 bits per heavy atom. The molecule has 146 valence electrons. The summed E-state index contributed by atoms with van der Waals surface area (Å²) in [5.74, 6) is 1.03. The fourth-order valence-corrected chi connectivity index (χ4v) is 4.03. The lowest BCUT2D eigenvalue weighted by Gasteiger charge is -2.20. The van der Waals surface area contributed by atoms with Crippen LogP contribution in [0.1, 0.15) is 73.1 Å². The fourth-order valence-electron chi connectivity index (χ4n) is 2.88. The molecule has 0 fully saturated rings. The van der Waals surface area contributed by atoms with E-state index in [1.165, 1.54) is 24.8 Å². The van der Waals surface area contributed by atoms with E-state index in [1.54, 1.807) is 7.11 Å². The molecule has 1 aliphatic rings. The second-order valence-electron chi connectivity index (χ2n) is 8.41. The van der Waals surface area contributed by atoms with Gasteiger partial charge in [0.05, 0.1) is 12.6 Å². The summed E-state index contributed by atoms with van der Waals surface area (Å²) in [6, 6.07) is 0. The summed E-state index contributed by atoms with van der Waals surface area (Å²) in [5.41, 5.74) is 0.458. The molecule has 0 aliphatic carbocycles. The average Bonchev–Trinajstić information content (AvgIpc) is 2.88. The van der Waals surface area contributed by atoms with Gasteiger partial charge in [-0.1, -0.05) is 45.4 Å². The van der Waals surface area contributed by atoms with Gasteiger partial charge in [-0.15, -0.1) is 0 Å². The zero-order chi connectivity index (χ0) is 18.9. The maximum Gasteiger partial charge on any atom is 0.242 e. The summed E-state index contributed by atoms with van der Waals surface area (Å²) in [7, 11) is 1.54. The van der Waals surface area contributed by atoms with Crippen molar-refractivity contribution in [3.8, 4) is 0 Å². The molecule has 0 aromatic heterocycles. The van der Waals surface area contributed by atoms with Crippen molar-refractivity contribution in [3.05, 3.63) is 0 Å². The first kappa shape index (κ1) is 22.3. The van der Waals surface area contributed by atoms with E-state index in [0.29, 0.717) is 12.0 Å².